The van der Waals surface area contributed by atoms with E-state index < -0.39 is 5.63 Å². The van der Waals surface area contributed by atoms with Gasteiger partial charge in [0.2, 0.25) is 0 Å². The third-order valence-corrected chi connectivity index (χ3v) is 3.96. The summed E-state index contributed by atoms with van der Waals surface area (Å²) in [6.45, 7) is 5.88. The number of fused-ring (bicyclic) bond motifs is 1. The van der Waals surface area contributed by atoms with Crippen LogP contribution in [0.4, 0.5) is 5.69 Å². The van der Waals surface area contributed by atoms with Crippen molar-refractivity contribution in [3.8, 4) is 0 Å². The fraction of sp³-hybridized carbons (Fsp3) is 0.286. The van der Waals surface area contributed by atoms with Gasteiger partial charge in [0.25, 0.3) is 0 Å². The first-order valence-electron chi connectivity index (χ1n) is 6.08. The van der Waals surface area contributed by atoms with Crippen molar-refractivity contribution in [3.63, 3.8) is 0 Å². The fourth-order valence-electron chi connectivity index (χ4n) is 2.05. The lowest BCUT2D eigenvalue weighted by Crippen LogP contribution is -2.21. The summed E-state index contributed by atoms with van der Waals surface area (Å²) < 4.78 is 5.69. The highest BCUT2D eigenvalue weighted by Crippen LogP contribution is 2.28. The number of nitrogens with zero attached hydrogens (tertiary/aromatic N) is 1. The van der Waals surface area contributed by atoms with Crippen molar-refractivity contribution in [2.45, 2.75) is 13.8 Å². The van der Waals surface area contributed by atoms with Crippen molar-refractivity contribution in [2.75, 3.05) is 18.0 Å². The molecule has 100 valence electrons. The summed E-state index contributed by atoms with van der Waals surface area (Å²) in [5.41, 5.74) is 0.868. The first kappa shape index (κ1) is 13.8. The molecule has 0 aliphatic carbocycles. The van der Waals surface area contributed by atoms with E-state index in [1.54, 1.807) is 0 Å². The lowest BCUT2D eigenvalue weighted by atomic mass is 10.1. The average Bonchev–Trinajstić information content (AvgIpc) is 2.40. The van der Waals surface area contributed by atoms with Gasteiger partial charge in [-0.1, -0.05) is 0 Å². The lowest BCUT2D eigenvalue weighted by Gasteiger charge is -2.21. The average molecular weight is 324 g/mol. The normalized spacial score (nSPS) is 10.7. The zero-order chi connectivity index (χ0) is 14.0. The van der Waals surface area contributed by atoms with E-state index in [0.29, 0.717) is 16.3 Å². The van der Waals surface area contributed by atoms with E-state index in [-0.39, 0.29) is 5.56 Å². The number of halogens is 1. The number of hydrogen-bond acceptors (Lipinski definition) is 4. The molecule has 0 saturated carbocycles. The maximum atomic E-state index is 11.7. The van der Waals surface area contributed by atoms with Crippen LogP contribution < -0.4 is 10.5 Å². The number of anilines is 1. The monoisotopic (exact) mass is 323 g/mol. The van der Waals surface area contributed by atoms with Gasteiger partial charge in [-0.2, -0.15) is 0 Å². The molecule has 0 atom stereocenters. The first-order chi connectivity index (χ1) is 9.12. The molecule has 19 heavy (non-hydrogen) atoms. The van der Waals surface area contributed by atoms with Crippen molar-refractivity contribution in [1.82, 2.24) is 0 Å². The van der Waals surface area contributed by atoms with Gasteiger partial charge >= 0.3 is 5.63 Å². The second kappa shape index (κ2) is 5.57. The molecule has 0 amide bonds. The Hall–Kier alpha value is -1.62. The molecule has 5 heteroatoms. The molecular weight excluding hydrogens is 310 g/mol. The molecule has 0 aliphatic rings. The summed E-state index contributed by atoms with van der Waals surface area (Å²) >= 11 is 3.28. The molecular formula is C14H14BrNO3. The summed E-state index contributed by atoms with van der Waals surface area (Å²) in [6.07, 6.45) is 0.508. The van der Waals surface area contributed by atoms with Crippen molar-refractivity contribution in [2.24, 2.45) is 0 Å². The Balaban J connectivity index is 2.68. The van der Waals surface area contributed by atoms with E-state index in [4.69, 9.17) is 4.42 Å². The first-order valence-corrected chi connectivity index (χ1v) is 6.88. The maximum Gasteiger partial charge on any atom is 0.348 e. The molecule has 0 saturated heterocycles. The molecule has 4 nitrogen and oxygen atoms in total. The van der Waals surface area contributed by atoms with Crippen LogP contribution in [0.5, 0.6) is 0 Å². The van der Waals surface area contributed by atoms with Crippen LogP contribution in [-0.4, -0.2) is 19.4 Å². The minimum Gasteiger partial charge on any atom is -0.422 e. The Bertz CT molecular complexity index is 674. The number of rotatable bonds is 4. The fourth-order valence-corrected chi connectivity index (χ4v) is 2.63. The van der Waals surface area contributed by atoms with Gasteiger partial charge in [0.05, 0.1) is 0 Å². The van der Waals surface area contributed by atoms with Crippen molar-refractivity contribution in [3.05, 3.63) is 38.7 Å². The van der Waals surface area contributed by atoms with E-state index in [9.17, 15) is 9.59 Å². The second-order valence-corrected chi connectivity index (χ2v) is 4.88. The smallest absolute Gasteiger partial charge is 0.348 e. The van der Waals surface area contributed by atoms with Crippen LogP contribution in [0.1, 0.15) is 24.2 Å². The van der Waals surface area contributed by atoms with Crippen LogP contribution >= 0.6 is 15.9 Å². The predicted octanol–water partition coefficient (Wildman–Crippen LogP) is 3.21. The van der Waals surface area contributed by atoms with Crippen LogP contribution in [0.25, 0.3) is 11.0 Å². The molecule has 0 unspecified atom stereocenters. The van der Waals surface area contributed by atoms with Gasteiger partial charge in [-0.15, -0.1) is 0 Å². The molecule has 1 aromatic heterocycles. The molecule has 0 N–H and O–H groups in total. The minimum absolute atomic E-state index is 0.0167. The van der Waals surface area contributed by atoms with Crippen molar-refractivity contribution < 1.29 is 9.21 Å². The van der Waals surface area contributed by atoms with Crippen molar-refractivity contribution in [1.29, 1.82) is 0 Å². The molecule has 0 spiro atoms. The molecule has 1 heterocycles. The van der Waals surface area contributed by atoms with Gasteiger partial charge in [-0.3, -0.25) is 4.79 Å². The summed E-state index contributed by atoms with van der Waals surface area (Å²) in [7, 11) is 0. The van der Waals surface area contributed by atoms with Gasteiger partial charge in [-0.25, -0.2) is 4.79 Å². The van der Waals surface area contributed by atoms with E-state index in [1.165, 1.54) is 0 Å². The zero-order valence-electron chi connectivity index (χ0n) is 10.8. The highest BCUT2D eigenvalue weighted by Gasteiger charge is 2.13. The summed E-state index contributed by atoms with van der Waals surface area (Å²) in [4.78, 5) is 24.7. The quantitative estimate of drug-likeness (QED) is 0.640. The van der Waals surface area contributed by atoms with Crippen LogP contribution in [0.15, 0.2) is 31.9 Å². The number of hydrogen-bond donors (Lipinski definition) is 0. The van der Waals surface area contributed by atoms with Crippen LogP contribution in [0.3, 0.4) is 0 Å². The Kier molecular flexibility index (Phi) is 4.04. The molecule has 2 rings (SSSR count). The number of benzene rings is 1. The van der Waals surface area contributed by atoms with Gasteiger partial charge in [0.1, 0.15) is 11.1 Å². The minimum atomic E-state index is -0.619. The Morgan fingerprint density at radius 1 is 1.32 bits per heavy atom. The Morgan fingerprint density at radius 3 is 2.58 bits per heavy atom. The van der Waals surface area contributed by atoms with Gasteiger partial charge in [0, 0.05) is 34.7 Å². The molecule has 0 aliphatic heterocycles. The molecule has 0 bridgehead atoms. The highest BCUT2D eigenvalue weighted by atomic mass is 79.9. The highest BCUT2D eigenvalue weighted by molar-refractivity contribution is 9.10. The Labute approximate surface area is 119 Å². The third kappa shape index (κ3) is 2.42. The standard InChI is InChI=1S/C14H14BrNO3/c1-3-16(4-2)9-5-6-10-12(7-9)19-14(18)11(8-17)13(10)15/h5-8H,3-4H2,1-2H3. The van der Waals surface area contributed by atoms with E-state index >= 15 is 0 Å². The summed E-state index contributed by atoms with van der Waals surface area (Å²) in [6, 6.07) is 5.63. The van der Waals surface area contributed by atoms with E-state index in [1.807, 2.05) is 18.2 Å². The number of carbonyl (C=O) groups excluding carboxylic acids is 1. The van der Waals surface area contributed by atoms with Crippen LogP contribution in [0.2, 0.25) is 0 Å². The lowest BCUT2D eigenvalue weighted by molar-refractivity contribution is 0.111. The van der Waals surface area contributed by atoms with E-state index in [0.717, 1.165) is 24.2 Å². The molecule has 1 aromatic carbocycles. The molecule has 2 aromatic rings. The number of aldehydes is 1. The van der Waals surface area contributed by atoms with Crippen LogP contribution in [-0.2, 0) is 0 Å². The maximum absolute atomic E-state index is 11.7. The van der Waals surface area contributed by atoms with Gasteiger partial charge in [0.15, 0.2) is 6.29 Å². The molecule has 0 radical (unpaired) electrons. The topological polar surface area (TPSA) is 50.5 Å². The van der Waals surface area contributed by atoms with Gasteiger partial charge in [-0.05, 0) is 41.9 Å². The van der Waals surface area contributed by atoms with Crippen LogP contribution in [0, 0.1) is 0 Å². The Morgan fingerprint density at radius 2 is 2.00 bits per heavy atom. The van der Waals surface area contributed by atoms with E-state index in [2.05, 4.69) is 34.7 Å². The van der Waals surface area contributed by atoms with Gasteiger partial charge < -0.3 is 9.32 Å². The SMILES string of the molecule is CCN(CC)c1ccc2c(Br)c(C=O)c(=O)oc2c1. The summed E-state index contributed by atoms with van der Waals surface area (Å²) in [5, 5.41) is 0.720. The predicted molar refractivity (Wildman–Crippen MR) is 79.1 cm³/mol. The molecule has 0 fully saturated rings. The third-order valence-electron chi connectivity index (χ3n) is 3.11. The zero-order valence-corrected chi connectivity index (χ0v) is 12.4. The number of carbonyl (C=O) groups is 1. The second-order valence-electron chi connectivity index (χ2n) is 4.09. The summed E-state index contributed by atoms with van der Waals surface area (Å²) in [5.74, 6) is 0. The van der Waals surface area contributed by atoms with Crippen molar-refractivity contribution >= 4 is 38.9 Å². The largest absolute Gasteiger partial charge is 0.422 e.